The number of aliphatic carboxylic acids is 1. The van der Waals surface area contributed by atoms with Crippen molar-refractivity contribution < 1.29 is 23.4 Å². The maximum Gasteiger partial charge on any atom is 0.306 e. The Hall–Kier alpha value is -1.44. The molecule has 1 rings (SSSR count). The van der Waals surface area contributed by atoms with Crippen LogP contribution in [0.15, 0.2) is 11.0 Å². The highest BCUT2D eigenvalue weighted by Gasteiger charge is 2.23. The van der Waals surface area contributed by atoms with Crippen molar-refractivity contribution in [2.75, 3.05) is 6.54 Å². The van der Waals surface area contributed by atoms with Gasteiger partial charge in [-0.3, -0.25) is 4.79 Å². The van der Waals surface area contributed by atoms with Crippen molar-refractivity contribution in [1.82, 2.24) is 4.72 Å². The van der Waals surface area contributed by atoms with E-state index in [0.29, 0.717) is 11.1 Å². The third-order valence-electron chi connectivity index (χ3n) is 3.49. The normalized spacial score (nSPS) is 13.2. The highest BCUT2D eigenvalue weighted by atomic mass is 32.2. The minimum absolute atomic E-state index is 0.197. The highest BCUT2D eigenvalue weighted by Crippen LogP contribution is 2.25. The Bertz CT molecular complexity index is 626. The Morgan fingerprint density at radius 1 is 1.19 bits per heavy atom. The number of carboxylic acid groups (broad SMARTS) is 1. The van der Waals surface area contributed by atoms with Gasteiger partial charge in [-0.15, -0.1) is 0 Å². The third-order valence-corrected chi connectivity index (χ3v) is 5.18. The topological polar surface area (TPSA) is 104 Å². The zero-order valence-corrected chi connectivity index (χ0v) is 13.4. The molecule has 0 radical (unpaired) electrons. The number of carboxylic acids is 1. The lowest BCUT2D eigenvalue weighted by Gasteiger charge is -2.17. The molecule has 0 saturated carbocycles. The molecule has 1 atom stereocenters. The first-order valence-corrected chi connectivity index (χ1v) is 8.01. The number of hydrogen-bond acceptors (Lipinski definition) is 4. The molecule has 0 fully saturated rings. The molecular formula is C14H21NO5S. The van der Waals surface area contributed by atoms with Crippen LogP contribution in [0.4, 0.5) is 0 Å². The molecular weight excluding hydrogens is 294 g/mol. The van der Waals surface area contributed by atoms with Gasteiger partial charge < -0.3 is 10.2 Å². The van der Waals surface area contributed by atoms with Crippen molar-refractivity contribution in [3.8, 4) is 0 Å². The molecule has 0 saturated heterocycles. The van der Waals surface area contributed by atoms with E-state index in [1.807, 2.05) is 19.9 Å². The van der Waals surface area contributed by atoms with Crippen molar-refractivity contribution in [2.24, 2.45) is 0 Å². The molecule has 6 nitrogen and oxygen atoms in total. The lowest BCUT2D eigenvalue weighted by Crippen LogP contribution is -2.34. The molecule has 0 amide bonds. The maximum atomic E-state index is 12.4. The molecule has 21 heavy (non-hydrogen) atoms. The SMILES string of the molecule is Cc1cc(C)c(C)c(S(=O)(=O)NC[C@@H](O)CC(=O)O)c1C. The standard InChI is InChI=1S/C14H21NO5S/c1-8-5-9(2)11(4)14(10(8)3)21(19,20)15-7-12(16)6-13(17)18/h5,12,15-16H,6-7H2,1-4H3,(H,17,18)/t12-/m0/s1. The summed E-state index contributed by atoms with van der Waals surface area (Å²) in [4.78, 5) is 10.7. The van der Waals surface area contributed by atoms with Crippen LogP contribution in [0, 0.1) is 27.7 Å². The second kappa shape index (κ2) is 6.55. The fraction of sp³-hybridized carbons (Fsp3) is 0.500. The molecule has 7 heteroatoms. The van der Waals surface area contributed by atoms with Crippen molar-refractivity contribution in [1.29, 1.82) is 0 Å². The van der Waals surface area contributed by atoms with Crippen LogP contribution in [0.1, 0.15) is 28.7 Å². The fourth-order valence-corrected chi connectivity index (χ4v) is 3.82. The second-order valence-corrected chi connectivity index (χ2v) is 6.90. The summed E-state index contributed by atoms with van der Waals surface area (Å²) in [6.45, 7) is 6.79. The lowest BCUT2D eigenvalue weighted by atomic mass is 10.0. The predicted octanol–water partition coefficient (Wildman–Crippen LogP) is 1.03. The monoisotopic (exact) mass is 315 g/mol. The van der Waals surface area contributed by atoms with E-state index in [0.717, 1.165) is 11.1 Å². The van der Waals surface area contributed by atoms with Crippen LogP contribution in [-0.2, 0) is 14.8 Å². The van der Waals surface area contributed by atoms with Crippen LogP contribution in [-0.4, -0.2) is 37.2 Å². The molecule has 0 unspecified atom stereocenters. The van der Waals surface area contributed by atoms with Crippen LogP contribution in [0.25, 0.3) is 0 Å². The van der Waals surface area contributed by atoms with Gasteiger partial charge in [0, 0.05) is 6.54 Å². The van der Waals surface area contributed by atoms with Crippen LogP contribution < -0.4 is 4.72 Å². The average molecular weight is 315 g/mol. The van der Waals surface area contributed by atoms with E-state index in [2.05, 4.69) is 4.72 Å². The molecule has 0 bridgehead atoms. The van der Waals surface area contributed by atoms with Crippen molar-refractivity contribution >= 4 is 16.0 Å². The molecule has 0 aliphatic rings. The number of aliphatic hydroxyl groups is 1. The van der Waals surface area contributed by atoms with E-state index in [9.17, 15) is 18.3 Å². The van der Waals surface area contributed by atoms with Gasteiger partial charge >= 0.3 is 5.97 Å². The minimum Gasteiger partial charge on any atom is -0.481 e. The lowest BCUT2D eigenvalue weighted by molar-refractivity contribution is -0.139. The van der Waals surface area contributed by atoms with Crippen LogP contribution in [0.5, 0.6) is 0 Å². The molecule has 1 aromatic carbocycles. The van der Waals surface area contributed by atoms with Crippen molar-refractivity contribution in [2.45, 2.75) is 45.1 Å². The van der Waals surface area contributed by atoms with E-state index >= 15 is 0 Å². The number of rotatable bonds is 6. The van der Waals surface area contributed by atoms with Gasteiger partial charge in [0.1, 0.15) is 0 Å². The number of nitrogens with one attached hydrogen (secondary N) is 1. The molecule has 118 valence electrons. The number of benzene rings is 1. The summed E-state index contributed by atoms with van der Waals surface area (Å²) in [5.74, 6) is -1.18. The summed E-state index contributed by atoms with van der Waals surface area (Å²) in [6.07, 6.45) is -1.77. The first kappa shape index (κ1) is 17.6. The average Bonchev–Trinajstić information content (AvgIpc) is 2.33. The number of aryl methyl sites for hydroxylation is 2. The minimum atomic E-state index is -3.80. The first-order valence-electron chi connectivity index (χ1n) is 6.53. The Morgan fingerprint density at radius 3 is 2.10 bits per heavy atom. The van der Waals surface area contributed by atoms with Gasteiger partial charge in [-0.2, -0.15) is 0 Å². The van der Waals surface area contributed by atoms with E-state index < -0.39 is 28.5 Å². The third kappa shape index (κ3) is 4.26. The molecule has 1 aromatic rings. The molecule has 0 aliphatic carbocycles. The van der Waals surface area contributed by atoms with Crippen LogP contribution in [0.2, 0.25) is 0 Å². The first-order chi connectivity index (χ1) is 9.56. The summed E-state index contributed by atoms with van der Waals surface area (Å²) in [6, 6.07) is 1.92. The number of aliphatic hydroxyl groups excluding tert-OH is 1. The summed E-state index contributed by atoms with van der Waals surface area (Å²) in [5, 5.41) is 18.0. The fourth-order valence-electron chi connectivity index (χ4n) is 2.14. The Morgan fingerprint density at radius 2 is 1.67 bits per heavy atom. The summed E-state index contributed by atoms with van der Waals surface area (Å²) < 4.78 is 27.1. The predicted molar refractivity (Wildman–Crippen MR) is 78.8 cm³/mol. The molecule has 0 aromatic heterocycles. The summed E-state index contributed by atoms with van der Waals surface area (Å²) in [7, 11) is -3.80. The summed E-state index contributed by atoms with van der Waals surface area (Å²) in [5.41, 5.74) is 3.03. The van der Waals surface area contributed by atoms with Gasteiger partial charge in [0.15, 0.2) is 0 Å². The molecule has 0 aliphatic heterocycles. The van der Waals surface area contributed by atoms with Crippen LogP contribution in [0.3, 0.4) is 0 Å². The van der Waals surface area contributed by atoms with E-state index in [-0.39, 0.29) is 11.4 Å². The zero-order valence-electron chi connectivity index (χ0n) is 12.6. The van der Waals surface area contributed by atoms with Crippen molar-refractivity contribution in [3.63, 3.8) is 0 Å². The Kier molecular flexibility index (Phi) is 5.49. The maximum absolute atomic E-state index is 12.4. The van der Waals surface area contributed by atoms with Crippen LogP contribution >= 0.6 is 0 Å². The second-order valence-electron chi connectivity index (χ2n) is 5.19. The largest absolute Gasteiger partial charge is 0.481 e. The quantitative estimate of drug-likeness (QED) is 0.727. The van der Waals surface area contributed by atoms with E-state index in [1.54, 1.807) is 13.8 Å². The number of sulfonamides is 1. The Balaban J connectivity index is 3.07. The molecule has 0 spiro atoms. The van der Waals surface area contributed by atoms with E-state index in [4.69, 9.17) is 5.11 Å². The number of carbonyl (C=O) groups is 1. The van der Waals surface area contributed by atoms with Gasteiger partial charge in [-0.1, -0.05) is 6.07 Å². The summed E-state index contributed by atoms with van der Waals surface area (Å²) >= 11 is 0. The molecule has 3 N–H and O–H groups in total. The van der Waals surface area contributed by atoms with E-state index in [1.165, 1.54) is 0 Å². The van der Waals surface area contributed by atoms with Gasteiger partial charge in [-0.25, -0.2) is 13.1 Å². The Labute approximate surface area is 124 Å². The molecule has 0 heterocycles. The van der Waals surface area contributed by atoms with Gasteiger partial charge in [0.05, 0.1) is 17.4 Å². The van der Waals surface area contributed by atoms with Crippen molar-refractivity contribution in [3.05, 3.63) is 28.3 Å². The number of hydrogen-bond donors (Lipinski definition) is 3. The zero-order chi connectivity index (χ0) is 16.4. The highest BCUT2D eigenvalue weighted by molar-refractivity contribution is 7.89. The smallest absolute Gasteiger partial charge is 0.306 e. The van der Waals surface area contributed by atoms with Gasteiger partial charge in [0.25, 0.3) is 0 Å². The van der Waals surface area contributed by atoms with Gasteiger partial charge in [-0.05, 0) is 49.9 Å². The van der Waals surface area contributed by atoms with Gasteiger partial charge in [0.2, 0.25) is 10.0 Å².